The van der Waals surface area contributed by atoms with Gasteiger partial charge in [-0.1, -0.05) is 39.0 Å². The van der Waals surface area contributed by atoms with Crippen LogP contribution in [-0.2, 0) is 6.54 Å². The van der Waals surface area contributed by atoms with Crippen LogP contribution in [0.5, 0.6) is 0 Å². The maximum atomic E-state index is 9.13. The Kier molecular flexibility index (Phi) is 6.01. The number of rotatable bonds is 6. The number of nitriles is 1. The van der Waals surface area contributed by atoms with Crippen molar-refractivity contribution in [3.05, 3.63) is 35.4 Å². The molecule has 0 saturated carbocycles. The summed E-state index contributed by atoms with van der Waals surface area (Å²) in [7, 11) is 0. The second-order valence-electron chi connectivity index (χ2n) is 6.12. The number of aliphatic hydroxyl groups excluding tert-OH is 1. The number of benzene rings is 1. The largest absolute Gasteiger partial charge is 0.396 e. The van der Waals surface area contributed by atoms with Gasteiger partial charge in [0.05, 0.1) is 11.6 Å². The quantitative estimate of drug-likeness (QED) is 0.855. The molecule has 0 amide bonds. The fraction of sp³-hybridized carbons (Fsp3) is 0.562. The van der Waals surface area contributed by atoms with Gasteiger partial charge in [-0.2, -0.15) is 5.26 Å². The Balaban J connectivity index is 2.79. The van der Waals surface area contributed by atoms with Gasteiger partial charge in [0, 0.05) is 26.2 Å². The van der Waals surface area contributed by atoms with Crippen LogP contribution in [0, 0.1) is 16.7 Å². The van der Waals surface area contributed by atoms with Crippen LogP contribution in [-0.4, -0.2) is 29.7 Å². The van der Waals surface area contributed by atoms with Crippen molar-refractivity contribution in [3.8, 4) is 6.07 Å². The fourth-order valence-electron chi connectivity index (χ4n) is 2.19. The molecule has 1 rings (SSSR count). The standard InChI is InChI=1S/C16H24N2O/c1-16(2,3)13-18(9-6-10-19)12-15-8-5-4-7-14(15)11-17/h4-5,7-8,19H,6,9-10,12-13H2,1-3H3. The molecule has 0 spiro atoms. The third-order valence-corrected chi connectivity index (χ3v) is 2.86. The molecule has 0 bridgehead atoms. The molecule has 19 heavy (non-hydrogen) atoms. The molecule has 1 aromatic carbocycles. The normalized spacial score (nSPS) is 11.6. The Morgan fingerprint density at radius 1 is 1.26 bits per heavy atom. The molecule has 0 saturated heterocycles. The van der Waals surface area contributed by atoms with Crippen LogP contribution < -0.4 is 0 Å². The van der Waals surface area contributed by atoms with Crippen LogP contribution in [0.15, 0.2) is 24.3 Å². The van der Waals surface area contributed by atoms with Gasteiger partial charge in [-0.15, -0.1) is 0 Å². The molecule has 0 radical (unpaired) electrons. The van der Waals surface area contributed by atoms with Crippen molar-refractivity contribution in [2.45, 2.75) is 33.7 Å². The summed E-state index contributed by atoms with van der Waals surface area (Å²) in [4.78, 5) is 2.31. The molecule has 0 aliphatic rings. The molecule has 0 unspecified atom stereocenters. The van der Waals surface area contributed by atoms with Gasteiger partial charge in [0.15, 0.2) is 0 Å². The SMILES string of the molecule is CC(C)(C)CN(CCCO)Cc1ccccc1C#N. The molecule has 0 aliphatic carbocycles. The smallest absolute Gasteiger partial charge is 0.0995 e. The molecule has 1 N–H and O–H groups in total. The van der Waals surface area contributed by atoms with E-state index in [-0.39, 0.29) is 12.0 Å². The van der Waals surface area contributed by atoms with Gasteiger partial charge < -0.3 is 5.11 Å². The summed E-state index contributed by atoms with van der Waals surface area (Å²) in [6.45, 7) is 9.39. The zero-order valence-corrected chi connectivity index (χ0v) is 12.2. The maximum absolute atomic E-state index is 9.13. The van der Waals surface area contributed by atoms with Gasteiger partial charge in [-0.3, -0.25) is 4.90 Å². The van der Waals surface area contributed by atoms with E-state index in [1.54, 1.807) is 0 Å². The minimum Gasteiger partial charge on any atom is -0.396 e. The zero-order valence-electron chi connectivity index (χ0n) is 12.2. The van der Waals surface area contributed by atoms with Crippen molar-refractivity contribution in [3.63, 3.8) is 0 Å². The summed E-state index contributed by atoms with van der Waals surface area (Å²) in [5.41, 5.74) is 2.01. The first kappa shape index (κ1) is 15.7. The lowest BCUT2D eigenvalue weighted by atomic mass is 9.95. The van der Waals surface area contributed by atoms with E-state index in [1.165, 1.54) is 0 Å². The highest BCUT2D eigenvalue weighted by molar-refractivity contribution is 5.37. The van der Waals surface area contributed by atoms with E-state index in [1.807, 2.05) is 24.3 Å². The molecule has 3 heteroatoms. The van der Waals surface area contributed by atoms with Gasteiger partial charge in [0.25, 0.3) is 0 Å². The third kappa shape index (κ3) is 5.87. The Labute approximate surface area is 116 Å². The van der Waals surface area contributed by atoms with E-state index in [0.29, 0.717) is 0 Å². The summed E-state index contributed by atoms with van der Waals surface area (Å²) >= 11 is 0. The summed E-state index contributed by atoms with van der Waals surface area (Å²) in [5.74, 6) is 0. The average Bonchev–Trinajstić information content (AvgIpc) is 2.35. The molecule has 104 valence electrons. The Morgan fingerprint density at radius 2 is 1.95 bits per heavy atom. The van der Waals surface area contributed by atoms with Crippen LogP contribution in [0.4, 0.5) is 0 Å². The predicted octanol–water partition coefficient (Wildman–Crippen LogP) is 2.79. The van der Waals surface area contributed by atoms with Crippen LogP contribution in [0.25, 0.3) is 0 Å². The van der Waals surface area contributed by atoms with Crippen molar-refractivity contribution < 1.29 is 5.11 Å². The van der Waals surface area contributed by atoms with E-state index >= 15 is 0 Å². The minimum atomic E-state index is 0.205. The third-order valence-electron chi connectivity index (χ3n) is 2.86. The van der Waals surface area contributed by atoms with E-state index in [0.717, 1.165) is 37.2 Å². The summed E-state index contributed by atoms with van der Waals surface area (Å²) in [6.07, 6.45) is 0.769. The van der Waals surface area contributed by atoms with Gasteiger partial charge in [-0.05, 0) is 23.5 Å². The van der Waals surface area contributed by atoms with Gasteiger partial charge >= 0.3 is 0 Å². The van der Waals surface area contributed by atoms with Crippen LogP contribution in [0.2, 0.25) is 0 Å². The van der Waals surface area contributed by atoms with Crippen LogP contribution in [0.1, 0.15) is 38.3 Å². The second-order valence-corrected chi connectivity index (χ2v) is 6.12. The predicted molar refractivity (Wildman–Crippen MR) is 77.6 cm³/mol. The van der Waals surface area contributed by atoms with Crippen molar-refractivity contribution >= 4 is 0 Å². The lowest BCUT2D eigenvalue weighted by Crippen LogP contribution is -2.33. The molecule has 3 nitrogen and oxygen atoms in total. The fourth-order valence-corrected chi connectivity index (χ4v) is 2.19. The molecule has 1 aromatic rings. The van der Waals surface area contributed by atoms with Crippen molar-refractivity contribution in [1.82, 2.24) is 4.90 Å². The van der Waals surface area contributed by atoms with Crippen molar-refractivity contribution in [2.24, 2.45) is 5.41 Å². The molecule has 0 aromatic heterocycles. The highest BCUT2D eigenvalue weighted by Gasteiger charge is 2.17. The first-order chi connectivity index (χ1) is 8.96. The highest BCUT2D eigenvalue weighted by atomic mass is 16.3. The lowest BCUT2D eigenvalue weighted by Gasteiger charge is -2.30. The first-order valence-corrected chi connectivity index (χ1v) is 6.77. The Morgan fingerprint density at radius 3 is 2.53 bits per heavy atom. The van der Waals surface area contributed by atoms with Crippen LogP contribution >= 0.6 is 0 Å². The van der Waals surface area contributed by atoms with Crippen molar-refractivity contribution in [2.75, 3.05) is 19.7 Å². The number of hydrogen-bond donors (Lipinski definition) is 1. The topological polar surface area (TPSA) is 47.3 Å². The molecule has 0 heterocycles. The van der Waals surface area contributed by atoms with E-state index in [9.17, 15) is 0 Å². The molecule has 0 atom stereocenters. The first-order valence-electron chi connectivity index (χ1n) is 6.77. The summed E-state index contributed by atoms with van der Waals surface area (Å²) in [5, 5.41) is 18.1. The minimum absolute atomic E-state index is 0.205. The zero-order chi connectivity index (χ0) is 14.3. The average molecular weight is 260 g/mol. The Hall–Kier alpha value is -1.37. The lowest BCUT2D eigenvalue weighted by molar-refractivity contribution is 0.166. The van der Waals surface area contributed by atoms with Gasteiger partial charge in [-0.25, -0.2) is 0 Å². The van der Waals surface area contributed by atoms with Crippen LogP contribution in [0.3, 0.4) is 0 Å². The highest BCUT2D eigenvalue weighted by Crippen LogP contribution is 2.18. The van der Waals surface area contributed by atoms with E-state index < -0.39 is 0 Å². The second kappa shape index (κ2) is 7.28. The summed E-state index contributed by atoms with van der Waals surface area (Å²) < 4.78 is 0. The number of aliphatic hydroxyl groups is 1. The maximum Gasteiger partial charge on any atom is 0.0995 e. The van der Waals surface area contributed by atoms with Crippen molar-refractivity contribution in [1.29, 1.82) is 5.26 Å². The number of nitrogens with zero attached hydrogens (tertiary/aromatic N) is 2. The van der Waals surface area contributed by atoms with E-state index in [4.69, 9.17) is 10.4 Å². The molecular formula is C16H24N2O. The Bertz CT molecular complexity index is 429. The summed E-state index contributed by atoms with van der Waals surface area (Å²) in [6, 6.07) is 9.97. The van der Waals surface area contributed by atoms with E-state index in [2.05, 4.69) is 31.7 Å². The number of hydrogen-bond acceptors (Lipinski definition) is 3. The van der Waals surface area contributed by atoms with Gasteiger partial charge in [0.1, 0.15) is 0 Å². The molecule has 0 fully saturated rings. The monoisotopic (exact) mass is 260 g/mol. The molecular weight excluding hydrogens is 236 g/mol. The molecule has 0 aliphatic heterocycles. The van der Waals surface area contributed by atoms with Gasteiger partial charge in [0.2, 0.25) is 0 Å².